The van der Waals surface area contributed by atoms with E-state index in [2.05, 4.69) is 15.6 Å². The van der Waals surface area contributed by atoms with Crippen LogP contribution in [0.25, 0.3) is 5.52 Å². The summed E-state index contributed by atoms with van der Waals surface area (Å²) in [6, 6.07) is 18.6. The molecular weight excluding hydrogens is 376 g/mol. The summed E-state index contributed by atoms with van der Waals surface area (Å²) in [6.07, 6.45) is 1.72. The second-order valence-corrected chi connectivity index (χ2v) is 7.26. The van der Waals surface area contributed by atoms with Gasteiger partial charge in [0, 0.05) is 17.6 Å². The quantitative estimate of drug-likeness (QED) is 0.520. The van der Waals surface area contributed by atoms with E-state index < -0.39 is 0 Å². The molecule has 2 amide bonds. The number of carbonyl (C=O) groups excluding carboxylic acids is 2. The van der Waals surface area contributed by atoms with Crippen molar-refractivity contribution < 1.29 is 9.59 Å². The van der Waals surface area contributed by atoms with E-state index in [4.69, 9.17) is 0 Å². The number of nitrogens with zero attached hydrogens (tertiary/aromatic N) is 2. The van der Waals surface area contributed by atoms with E-state index in [1.165, 1.54) is 0 Å². The van der Waals surface area contributed by atoms with Gasteiger partial charge in [0.25, 0.3) is 11.8 Å². The van der Waals surface area contributed by atoms with Gasteiger partial charge in [-0.3, -0.25) is 14.0 Å². The first-order valence-electron chi connectivity index (χ1n) is 9.66. The van der Waals surface area contributed by atoms with Crippen molar-refractivity contribution in [1.82, 2.24) is 9.38 Å². The molecule has 0 aliphatic rings. The molecule has 0 bridgehead atoms. The van der Waals surface area contributed by atoms with E-state index in [0.29, 0.717) is 16.9 Å². The van der Waals surface area contributed by atoms with Crippen LogP contribution in [0.2, 0.25) is 0 Å². The zero-order valence-corrected chi connectivity index (χ0v) is 17.1. The lowest BCUT2D eigenvalue weighted by atomic mass is 10.1. The van der Waals surface area contributed by atoms with Gasteiger partial charge in [-0.2, -0.15) is 0 Å². The number of imidazole rings is 1. The minimum Gasteiger partial charge on any atom is -0.321 e. The molecule has 2 aromatic carbocycles. The van der Waals surface area contributed by atoms with Crippen LogP contribution < -0.4 is 10.6 Å². The summed E-state index contributed by atoms with van der Waals surface area (Å²) in [5, 5.41) is 5.76. The minimum atomic E-state index is -0.379. The molecule has 0 atom stereocenters. The predicted octanol–water partition coefficient (Wildman–Crippen LogP) is 4.76. The summed E-state index contributed by atoms with van der Waals surface area (Å²) in [6.45, 7) is 5.93. The lowest BCUT2D eigenvalue weighted by molar-refractivity contribution is 0.101. The van der Waals surface area contributed by atoms with Crippen molar-refractivity contribution in [2.24, 2.45) is 0 Å². The molecule has 0 spiro atoms. The Morgan fingerprint density at radius 3 is 2.33 bits per heavy atom. The van der Waals surface area contributed by atoms with Crippen LogP contribution in [0.4, 0.5) is 11.4 Å². The molecule has 2 N–H and O–H groups in total. The topological polar surface area (TPSA) is 75.5 Å². The number of benzene rings is 2. The fraction of sp³-hybridized carbons (Fsp3) is 0.125. The summed E-state index contributed by atoms with van der Waals surface area (Å²) < 4.78 is 1.63. The summed E-state index contributed by atoms with van der Waals surface area (Å²) in [7, 11) is 0. The number of para-hydroxylation sites is 1. The first-order valence-corrected chi connectivity index (χ1v) is 9.66. The Morgan fingerprint density at radius 1 is 0.800 bits per heavy atom. The Hall–Kier alpha value is -3.93. The SMILES string of the molecule is Cc1ccc(NC(=O)c2nc(C(=O)Nc3ccccc3C)n3ccccc23)cc1C. The van der Waals surface area contributed by atoms with Crippen LogP contribution >= 0.6 is 0 Å². The van der Waals surface area contributed by atoms with Gasteiger partial charge in [0.15, 0.2) is 5.69 Å². The Bertz CT molecular complexity index is 1270. The van der Waals surface area contributed by atoms with Crippen LogP contribution in [0, 0.1) is 20.8 Å². The van der Waals surface area contributed by atoms with Gasteiger partial charge >= 0.3 is 0 Å². The standard InChI is InChI=1S/C24H22N4O2/c1-15-11-12-18(14-17(15)3)25-23(29)21-20-10-6-7-13-28(20)22(27-21)24(30)26-19-9-5-4-8-16(19)2/h4-14H,1-3H3,(H,25,29)(H,26,30). The number of fused-ring (bicyclic) bond motifs is 1. The average molecular weight is 398 g/mol. The van der Waals surface area contributed by atoms with Crippen molar-refractivity contribution in [3.63, 3.8) is 0 Å². The van der Waals surface area contributed by atoms with E-state index in [0.717, 1.165) is 16.7 Å². The fourth-order valence-corrected chi connectivity index (χ4v) is 3.27. The van der Waals surface area contributed by atoms with Gasteiger partial charge in [-0.1, -0.05) is 30.3 Å². The highest BCUT2D eigenvalue weighted by atomic mass is 16.2. The van der Waals surface area contributed by atoms with Gasteiger partial charge in [0.1, 0.15) is 0 Å². The molecule has 0 saturated heterocycles. The van der Waals surface area contributed by atoms with E-state index in [9.17, 15) is 9.59 Å². The van der Waals surface area contributed by atoms with Crippen molar-refractivity contribution in [2.45, 2.75) is 20.8 Å². The summed E-state index contributed by atoms with van der Waals surface area (Å²) >= 11 is 0. The third-order valence-corrected chi connectivity index (χ3v) is 5.12. The number of rotatable bonds is 4. The van der Waals surface area contributed by atoms with Crippen LogP contribution in [0.5, 0.6) is 0 Å². The van der Waals surface area contributed by atoms with Crippen LogP contribution in [-0.2, 0) is 0 Å². The number of hydrogen-bond donors (Lipinski definition) is 2. The number of amides is 2. The zero-order chi connectivity index (χ0) is 21.3. The number of hydrogen-bond acceptors (Lipinski definition) is 3. The van der Waals surface area contributed by atoms with Crippen molar-refractivity contribution in [3.05, 3.63) is 95.1 Å². The molecule has 6 heteroatoms. The molecule has 4 rings (SSSR count). The maximum Gasteiger partial charge on any atom is 0.292 e. The minimum absolute atomic E-state index is 0.152. The lowest BCUT2D eigenvalue weighted by Crippen LogP contribution is -2.17. The first kappa shape index (κ1) is 19.4. The Kier molecular flexibility index (Phi) is 5.06. The molecule has 0 aliphatic carbocycles. The smallest absolute Gasteiger partial charge is 0.292 e. The zero-order valence-electron chi connectivity index (χ0n) is 17.1. The predicted molar refractivity (Wildman–Crippen MR) is 118 cm³/mol. The molecular formula is C24H22N4O2. The van der Waals surface area contributed by atoms with Crippen LogP contribution in [0.3, 0.4) is 0 Å². The second kappa shape index (κ2) is 7.83. The van der Waals surface area contributed by atoms with E-state index >= 15 is 0 Å². The highest BCUT2D eigenvalue weighted by Gasteiger charge is 2.22. The molecule has 2 aromatic heterocycles. The molecule has 0 saturated carbocycles. The monoisotopic (exact) mass is 398 g/mol. The molecule has 4 aromatic rings. The largest absolute Gasteiger partial charge is 0.321 e. The van der Waals surface area contributed by atoms with E-state index in [-0.39, 0.29) is 23.3 Å². The Balaban J connectivity index is 1.68. The molecule has 0 unspecified atom stereocenters. The number of nitrogens with one attached hydrogen (secondary N) is 2. The maximum atomic E-state index is 13.0. The number of aryl methyl sites for hydroxylation is 3. The Labute approximate surface area is 174 Å². The number of carbonyl (C=O) groups is 2. The molecule has 150 valence electrons. The highest BCUT2D eigenvalue weighted by molar-refractivity contribution is 6.10. The molecule has 6 nitrogen and oxygen atoms in total. The van der Waals surface area contributed by atoms with Gasteiger partial charge in [0.05, 0.1) is 5.52 Å². The summed E-state index contributed by atoms with van der Waals surface area (Å²) in [4.78, 5) is 30.3. The first-order chi connectivity index (χ1) is 14.4. The molecule has 0 radical (unpaired) electrons. The fourth-order valence-electron chi connectivity index (χ4n) is 3.27. The van der Waals surface area contributed by atoms with Crippen molar-refractivity contribution >= 4 is 28.7 Å². The molecule has 30 heavy (non-hydrogen) atoms. The van der Waals surface area contributed by atoms with Gasteiger partial charge in [-0.25, -0.2) is 4.98 Å². The third-order valence-electron chi connectivity index (χ3n) is 5.12. The normalized spacial score (nSPS) is 10.8. The highest BCUT2D eigenvalue weighted by Crippen LogP contribution is 2.20. The second-order valence-electron chi connectivity index (χ2n) is 7.26. The molecule has 0 fully saturated rings. The van der Waals surface area contributed by atoms with Crippen LogP contribution in [0.1, 0.15) is 37.8 Å². The maximum absolute atomic E-state index is 13.0. The van der Waals surface area contributed by atoms with E-state index in [1.807, 2.05) is 69.3 Å². The summed E-state index contributed by atoms with van der Waals surface area (Å²) in [5.41, 5.74) is 5.33. The molecule has 0 aliphatic heterocycles. The molecule has 2 heterocycles. The van der Waals surface area contributed by atoms with Crippen molar-refractivity contribution in [3.8, 4) is 0 Å². The number of aromatic nitrogens is 2. The average Bonchev–Trinajstić information content (AvgIpc) is 3.12. The van der Waals surface area contributed by atoms with Gasteiger partial charge in [0.2, 0.25) is 5.82 Å². The Morgan fingerprint density at radius 2 is 1.57 bits per heavy atom. The third kappa shape index (κ3) is 3.67. The van der Waals surface area contributed by atoms with E-state index in [1.54, 1.807) is 22.7 Å². The van der Waals surface area contributed by atoms with Gasteiger partial charge < -0.3 is 10.6 Å². The van der Waals surface area contributed by atoms with Gasteiger partial charge in [-0.15, -0.1) is 0 Å². The van der Waals surface area contributed by atoms with Gasteiger partial charge in [-0.05, 0) is 67.8 Å². The summed E-state index contributed by atoms with van der Waals surface area (Å²) in [5.74, 6) is -0.591. The van der Waals surface area contributed by atoms with Crippen LogP contribution in [-0.4, -0.2) is 21.2 Å². The van der Waals surface area contributed by atoms with Crippen molar-refractivity contribution in [1.29, 1.82) is 0 Å². The number of anilines is 2. The number of pyridine rings is 1. The lowest BCUT2D eigenvalue weighted by Gasteiger charge is -2.07. The van der Waals surface area contributed by atoms with Crippen molar-refractivity contribution in [2.75, 3.05) is 10.6 Å². The van der Waals surface area contributed by atoms with Crippen LogP contribution in [0.15, 0.2) is 66.9 Å².